The first kappa shape index (κ1) is 19.8. The van der Waals surface area contributed by atoms with Crippen molar-refractivity contribution in [1.29, 1.82) is 0 Å². The van der Waals surface area contributed by atoms with E-state index in [4.69, 9.17) is 4.74 Å². The molecule has 0 N–H and O–H groups in total. The van der Waals surface area contributed by atoms with Gasteiger partial charge in [-0.2, -0.15) is 4.98 Å². The first-order valence-corrected chi connectivity index (χ1v) is 9.87. The van der Waals surface area contributed by atoms with E-state index >= 15 is 0 Å². The number of para-hydroxylation sites is 1. The number of aromatic nitrogens is 4. The van der Waals surface area contributed by atoms with Crippen LogP contribution in [-0.4, -0.2) is 51.4 Å². The Hall–Kier alpha value is -2.94. The number of fused-ring (bicyclic) bond motifs is 1. The summed E-state index contributed by atoms with van der Waals surface area (Å²) in [5.74, 6) is -0.300. The van der Waals surface area contributed by atoms with Gasteiger partial charge in [0, 0.05) is 29.7 Å². The van der Waals surface area contributed by atoms with Gasteiger partial charge in [0.25, 0.3) is 11.7 Å². The molecule has 9 heteroatoms. The first-order chi connectivity index (χ1) is 13.4. The van der Waals surface area contributed by atoms with Crippen molar-refractivity contribution < 1.29 is 14.3 Å². The van der Waals surface area contributed by atoms with Crippen molar-refractivity contribution in [2.24, 2.45) is 0 Å². The van der Waals surface area contributed by atoms with Crippen LogP contribution < -0.4 is 4.90 Å². The lowest BCUT2D eigenvalue weighted by atomic mass is 10.1. The molecule has 1 aromatic carbocycles. The Kier molecular flexibility index (Phi) is 5.93. The summed E-state index contributed by atoms with van der Waals surface area (Å²) in [4.78, 5) is 34.8. The number of rotatable bonds is 6. The Morgan fingerprint density at radius 3 is 2.57 bits per heavy atom. The van der Waals surface area contributed by atoms with E-state index in [1.807, 2.05) is 50.4 Å². The minimum absolute atomic E-state index is 0.0113. The van der Waals surface area contributed by atoms with Gasteiger partial charge in [-0.05, 0) is 32.2 Å². The third-order valence-electron chi connectivity index (χ3n) is 4.41. The molecule has 0 aliphatic rings. The van der Waals surface area contributed by atoms with Gasteiger partial charge in [0.2, 0.25) is 5.16 Å². The molecule has 0 fully saturated rings. The van der Waals surface area contributed by atoms with Crippen molar-refractivity contribution in [3.05, 3.63) is 47.3 Å². The summed E-state index contributed by atoms with van der Waals surface area (Å²) in [6.07, 6.45) is 1.90. The average Bonchev–Trinajstić information content (AvgIpc) is 3.12. The quantitative estimate of drug-likeness (QED) is 0.464. The highest BCUT2D eigenvalue weighted by Gasteiger charge is 2.18. The summed E-state index contributed by atoms with van der Waals surface area (Å²) in [5, 5.41) is 4.98. The second-order valence-corrected chi connectivity index (χ2v) is 6.97. The van der Waals surface area contributed by atoms with Crippen LogP contribution in [0.25, 0.3) is 5.78 Å². The molecule has 8 nitrogen and oxygen atoms in total. The molecular weight excluding hydrogens is 378 g/mol. The van der Waals surface area contributed by atoms with E-state index in [-0.39, 0.29) is 18.9 Å². The van der Waals surface area contributed by atoms with E-state index in [1.165, 1.54) is 16.7 Å². The lowest BCUT2D eigenvalue weighted by Gasteiger charge is -2.17. The number of thioether (sulfide) groups is 1. The van der Waals surface area contributed by atoms with Crippen molar-refractivity contribution in [3.8, 4) is 0 Å². The van der Waals surface area contributed by atoms with Crippen molar-refractivity contribution >= 4 is 35.1 Å². The van der Waals surface area contributed by atoms with Gasteiger partial charge in [-0.25, -0.2) is 9.50 Å². The molecule has 0 radical (unpaired) electrons. The van der Waals surface area contributed by atoms with Gasteiger partial charge in [-0.15, -0.1) is 5.10 Å². The average molecular weight is 399 g/mol. The molecule has 2 heterocycles. The molecule has 3 rings (SSSR count). The third kappa shape index (κ3) is 4.14. The summed E-state index contributed by atoms with van der Waals surface area (Å²) < 4.78 is 6.81. The summed E-state index contributed by atoms with van der Waals surface area (Å²) in [6.45, 7) is 3.35. The second kappa shape index (κ2) is 8.39. The lowest BCUT2D eigenvalue weighted by molar-refractivity contribution is -0.147. The molecule has 0 spiro atoms. The molecule has 3 aromatic rings. The predicted octanol–water partition coefficient (Wildman–Crippen LogP) is 2.21. The van der Waals surface area contributed by atoms with Gasteiger partial charge < -0.3 is 9.64 Å². The van der Waals surface area contributed by atoms with E-state index < -0.39 is 5.97 Å². The molecule has 28 heavy (non-hydrogen) atoms. The van der Waals surface area contributed by atoms with Crippen molar-refractivity contribution in [2.45, 2.75) is 25.4 Å². The molecular formula is C19H21N5O3S. The maximum Gasteiger partial charge on any atom is 0.310 e. The molecule has 146 valence electrons. The number of ether oxygens (including phenoxy) is 1. The molecule has 0 atom stereocenters. The second-order valence-electron chi connectivity index (χ2n) is 6.20. The van der Waals surface area contributed by atoms with Crippen LogP contribution in [0.15, 0.2) is 35.5 Å². The number of carbonyl (C=O) groups is 2. The molecule has 0 aliphatic heterocycles. The summed E-state index contributed by atoms with van der Waals surface area (Å²) in [5.41, 5.74) is 2.93. The molecule has 2 aromatic heterocycles. The van der Waals surface area contributed by atoms with Gasteiger partial charge in [-0.1, -0.05) is 30.0 Å². The van der Waals surface area contributed by atoms with Crippen molar-refractivity contribution in [1.82, 2.24) is 19.6 Å². The Bertz CT molecular complexity index is 1020. The first-order valence-electron chi connectivity index (χ1n) is 8.64. The summed E-state index contributed by atoms with van der Waals surface area (Å²) >= 11 is 1.42. The van der Waals surface area contributed by atoms with Crippen molar-refractivity contribution in [3.63, 3.8) is 0 Å². The van der Waals surface area contributed by atoms with Gasteiger partial charge in [-0.3, -0.25) is 9.59 Å². The van der Waals surface area contributed by atoms with Gasteiger partial charge >= 0.3 is 5.97 Å². The Morgan fingerprint density at radius 2 is 1.89 bits per heavy atom. The van der Waals surface area contributed by atoms with Crippen LogP contribution in [0.2, 0.25) is 0 Å². The largest absolute Gasteiger partial charge is 0.455 e. The number of amides is 1. The minimum Gasteiger partial charge on any atom is -0.455 e. The van der Waals surface area contributed by atoms with E-state index in [1.54, 1.807) is 11.6 Å². The number of likely N-dealkylation sites (N-methyl/N-ethyl adjacent to an activating group) is 1. The number of hydrogen-bond acceptors (Lipinski definition) is 7. The highest BCUT2D eigenvalue weighted by molar-refractivity contribution is 7.98. The molecule has 1 amide bonds. The smallest absolute Gasteiger partial charge is 0.310 e. The fraction of sp³-hybridized carbons (Fsp3) is 0.316. The fourth-order valence-electron chi connectivity index (χ4n) is 2.76. The van der Waals surface area contributed by atoms with Gasteiger partial charge in [0.1, 0.15) is 0 Å². The van der Waals surface area contributed by atoms with Crippen LogP contribution in [0.3, 0.4) is 0 Å². The summed E-state index contributed by atoms with van der Waals surface area (Å²) in [7, 11) is 1.64. The standard InChI is InChI=1S/C19H21N5O3S/c1-12-15(13(2)24-18(20-12)21-19(22-24)28-4)10-17(26)27-11-16(25)23(3)14-8-6-5-7-9-14/h5-9H,10-11H2,1-4H3. The van der Waals surface area contributed by atoms with Crippen LogP contribution >= 0.6 is 11.8 Å². The zero-order valence-electron chi connectivity index (χ0n) is 16.2. The maximum absolute atomic E-state index is 12.3. The highest BCUT2D eigenvalue weighted by atomic mass is 32.2. The zero-order chi connectivity index (χ0) is 20.3. The molecule has 0 unspecified atom stereocenters. The monoisotopic (exact) mass is 399 g/mol. The Labute approximate surface area is 166 Å². The van der Waals surface area contributed by atoms with Gasteiger partial charge in [0.15, 0.2) is 6.61 Å². The normalized spacial score (nSPS) is 10.9. The number of esters is 1. The SMILES string of the molecule is CSc1nc2nc(C)c(CC(=O)OCC(=O)N(C)c3ccccc3)c(C)n2n1. The van der Waals surface area contributed by atoms with E-state index in [2.05, 4.69) is 15.1 Å². The van der Waals surface area contributed by atoms with E-state index in [9.17, 15) is 9.59 Å². The number of anilines is 1. The van der Waals surface area contributed by atoms with Gasteiger partial charge in [0.05, 0.1) is 6.42 Å². The van der Waals surface area contributed by atoms with E-state index in [0.29, 0.717) is 16.6 Å². The summed E-state index contributed by atoms with van der Waals surface area (Å²) in [6, 6.07) is 9.18. The molecule has 0 saturated heterocycles. The Morgan fingerprint density at radius 1 is 1.18 bits per heavy atom. The number of benzene rings is 1. The molecule has 0 bridgehead atoms. The number of aryl methyl sites for hydroxylation is 2. The van der Waals surface area contributed by atoms with Crippen LogP contribution in [0, 0.1) is 13.8 Å². The minimum atomic E-state index is -0.493. The predicted molar refractivity (Wildman–Crippen MR) is 107 cm³/mol. The number of nitrogens with zero attached hydrogens (tertiary/aromatic N) is 5. The number of hydrogen-bond donors (Lipinski definition) is 0. The number of carbonyl (C=O) groups excluding carboxylic acids is 2. The van der Waals surface area contributed by atoms with Crippen LogP contribution in [0.1, 0.15) is 17.0 Å². The van der Waals surface area contributed by atoms with Crippen LogP contribution in [0.5, 0.6) is 0 Å². The van der Waals surface area contributed by atoms with Crippen molar-refractivity contribution in [2.75, 3.05) is 24.8 Å². The molecule has 0 aliphatic carbocycles. The van der Waals surface area contributed by atoms with Crippen LogP contribution in [-0.2, 0) is 20.7 Å². The van der Waals surface area contributed by atoms with Crippen LogP contribution in [0.4, 0.5) is 5.69 Å². The lowest BCUT2D eigenvalue weighted by Crippen LogP contribution is -2.31. The van der Waals surface area contributed by atoms with E-state index in [0.717, 1.165) is 16.9 Å². The topological polar surface area (TPSA) is 89.7 Å². The third-order valence-corrected chi connectivity index (χ3v) is 4.95. The highest BCUT2D eigenvalue weighted by Crippen LogP contribution is 2.17. The Balaban J connectivity index is 1.67. The zero-order valence-corrected chi connectivity index (χ0v) is 17.0. The maximum atomic E-state index is 12.3. The fourth-order valence-corrected chi connectivity index (χ4v) is 3.10. The molecule has 0 saturated carbocycles.